The molecule has 104 valence electrons. The third-order valence-electron chi connectivity index (χ3n) is 2.06. The number of hydrogen-bond donors (Lipinski definition) is 1. The molecule has 0 radical (unpaired) electrons. The molecule has 0 aromatic rings. The van der Waals surface area contributed by atoms with Gasteiger partial charge in [-0.2, -0.15) is 30.4 Å². The molecule has 0 aliphatic carbocycles. The molecule has 9 heteroatoms. The molecule has 0 saturated heterocycles. The van der Waals surface area contributed by atoms with Gasteiger partial charge < -0.3 is 0 Å². The van der Waals surface area contributed by atoms with Crippen molar-refractivity contribution in [1.29, 1.82) is 0 Å². The fourth-order valence-corrected chi connectivity index (χ4v) is 1.70. The predicted octanol–water partition coefficient (Wildman–Crippen LogP) is 3.02. The molecule has 3 nitrogen and oxygen atoms in total. The summed E-state index contributed by atoms with van der Waals surface area (Å²) in [4.78, 5) is 0. The average Bonchev–Trinajstić information content (AvgIpc) is 2.07. The third kappa shape index (κ3) is 7.48. The molecule has 0 unspecified atom stereocenters. The number of unbranched alkanes of at least 4 members (excludes halogenated alkanes) is 3. The molecule has 0 saturated carbocycles. The topological polar surface area (TPSA) is 54.4 Å². The number of hydrogen-bond acceptors (Lipinski definition) is 2. The summed E-state index contributed by atoms with van der Waals surface area (Å²) in [6.07, 6.45) is -6.92. The monoisotopic (exact) mass is 284 g/mol. The van der Waals surface area contributed by atoms with Crippen LogP contribution in [0.5, 0.6) is 0 Å². The zero-order valence-electron chi connectivity index (χ0n) is 8.80. The van der Waals surface area contributed by atoms with Crippen LogP contribution in [-0.4, -0.2) is 30.8 Å². The summed E-state index contributed by atoms with van der Waals surface area (Å²) in [6, 6.07) is 0. The van der Waals surface area contributed by atoms with Gasteiger partial charge in [-0.1, -0.05) is 12.8 Å². The molecular formula is C8H13F5O3S. The van der Waals surface area contributed by atoms with Crippen LogP contribution in [0.2, 0.25) is 0 Å². The Hall–Kier alpha value is -0.440. The predicted molar refractivity (Wildman–Crippen MR) is 50.5 cm³/mol. The summed E-state index contributed by atoms with van der Waals surface area (Å²) in [5.41, 5.74) is 0. The lowest BCUT2D eigenvalue weighted by molar-refractivity contribution is -0.284. The molecule has 0 heterocycles. The van der Waals surface area contributed by atoms with Gasteiger partial charge in [-0.25, -0.2) is 0 Å². The van der Waals surface area contributed by atoms with Crippen molar-refractivity contribution >= 4 is 10.1 Å². The maximum Gasteiger partial charge on any atom is 0.453 e. The molecule has 0 aliphatic rings. The Labute approximate surface area is 95.8 Å². The van der Waals surface area contributed by atoms with Gasteiger partial charge in [-0.15, -0.1) is 0 Å². The van der Waals surface area contributed by atoms with E-state index >= 15 is 0 Å². The molecule has 17 heavy (non-hydrogen) atoms. The van der Waals surface area contributed by atoms with Crippen LogP contribution in [0.4, 0.5) is 22.0 Å². The molecule has 0 rings (SSSR count). The smallest absolute Gasteiger partial charge is 0.286 e. The van der Waals surface area contributed by atoms with Gasteiger partial charge in [0.05, 0.1) is 5.75 Å². The zero-order chi connectivity index (χ0) is 13.7. The van der Waals surface area contributed by atoms with Gasteiger partial charge in [0, 0.05) is 6.42 Å². The Bertz CT molecular complexity index is 323. The van der Waals surface area contributed by atoms with Crippen LogP contribution in [0, 0.1) is 0 Å². The lowest BCUT2D eigenvalue weighted by atomic mass is 10.1. The fraction of sp³-hybridized carbons (Fsp3) is 1.00. The lowest BCUT2D eigenvalue weighted by Crippen LogP contribution is -2.36. The van der Waals surface area contributed by atoms with Crippen LogP contribution in [0.25, 0.3) is 0 Å². The molecule has 0 aromatic carbocycles. The normalized spacial score (nSPS) is 14.0. The molecule has 0 bridgehead atoms. The molecule has 0 atom stereocenters. The van der Waals surface area contributed by atoms with E-state index in [1.54, 1.807) is 0 Å². The van der Waals surface area contributed by atoms with E-state index in [0.717, 1.165) is 0 Å². The largest absolute Gasteiger partial charge is 0.453 e. The van der Waals surface area contributed by atoms with Crippen molar-refractivity contribution in [3.8, 4) is 0 Å². The maximum atomic E-state index is 12.4. The second-order valence-electron chi connectivity index (χ2n) is 3.65. The summed E-state index contributed by atoms with van der Waals surface area (Å²) in [5.74, 6) is -5.21. The van der Waals surface area contributed by atoms with Gasteiger partial charge in [-0.3, -0.25) is 4.55 Å². The van der Waals surface area contributed by atoms with E-state index in [-0.39, 0.29) is 25.7 Å². The molecule has 0 spiro atoms. The first-order valence-electron chi connectivity index (χ1n) is 4.85. The minimum atomic E-state index is -5.54. The highest BCUT2D eigenvalue weighted by molar-refractivity contribution is 7.85. The van der Waals surface area contributed by atoms with Gasteiger partial charge in [0.1, 0.15) is 0 Å². The van der Waals surface area contributed by atoms with Crippen molar-refractivity contribution in [3.05, 3.63) is 0 Å². The molecular weight excluding hydrogens is 271 g/mol. The SMILES string of the molecule is O=S(=O)(O)CCCCCCC(F)(F)C(F)(F)F. The van der Waals surface area contributed by atoms with E-state index in [9.17, 15) is 30.4 Å². The summed E-state index contributed by atoms with van der Waals surface area (Å²) in [5, 5.41) is 0. The molecule has 0 aromatic heterocycles. The standard InChI is InChI=1S/C8H13F5O3S/c9-7(10,8(11,12)13)5-3-1-2-4-6-17(14,15)16/h1-6H2,(H,14,15,16). The van der Waals surface area contributed by atoms with E-state index in [2.05, 4.69) is 0 Å². The van der Waals surface area contributed by atoms with Gasteiger partial charge in [0.2, 0.25) is 0 Å². The Balaban J connectivity index is 3.73. The minimum absolute atomic E-state index is 0.0381. The van der Waals surface area contributed by atoms with E-state index in [1.807, 2.05) is 0 Å². The van der Waals surface area contributed by atoms with Crippen molar-refractivity contribution in [2.75, 3.05) is 5.75 Å². The number of alkyl halides is 5. The van der Waals surface area contributed by atoms with Crippen molar-refractivity contribution < 1.29 is 34.9 Å². The summed E-state index contributed by atoms with van der Waals surface area (Å²) < 4.78 is 88.6. The van der Waals surface area contributed by atoms with Gasteiger partial charge in [0.15, 0.2) is 0 Å². The highest BCUT2D eigenvalue weighted by Gasteiger charge is 2.56. The second-order valence-corrected chi connectivity index (χ2v) is 5.22. The van der Waals surface area contributed by atoms with Gasteiger partial charge in [0.25, 0.3) is 10.1 Å². The van der Waals surface area contributed by atoms with Crippen LogP contribution < -0.4 is 0 Å². The number of halogens is 5. The van der Waals surface area contributed by atoms with Crippen molar-refractivity contribution in [1.82, 2.24) is 0 Å². The van der Waals surface area contributed by atoms with Crippen molar-refractivity contribution in [3.63, 3.8) is 0 Å². The first kappa shape index (κ1) is 16.6. The van der Waals surface area contributed by atoms with Crippen LogP contribution >= 0.6 is 0 Å². The van der Waals surface area contributed by atoms with E-state index in [1.165, 1.54) is 0 Å². The van der Waals surface area contributed by atoms with E-state index in [0.29, 0.717) is 0 Å². The maximum absolute atomic E-state index is 12.4. The Kier molecular flexibility index (Phi) is 5.79. The van der Waals surface area contributed by atoms with Gasteiger partial charge in [-0.05, 0) is 12.8 Å². The second kappa shape index (κ2) is 5.94. The summed E-state index contributed by atoms with van der Waals surface area (Å²) in [7, 11) is -4.09. The third-order valence-corrected chi connectivity index (χ3v) is 2.86. The molecule has 0 amide bonds. The Morgan fingerprint density at radius 3 is 1.76 bits per heavy atom. The van der Waals surface area contributed by atoms with Crippen molar-refractivity contribution in [2.24, 2.45) is 0 Å². The van der Waals surface area contributed by atoms with Crippen LogP contribution in [0.1, 0.15) is 32.1 Å². The highest BCUT2D eigenvalue weighted by Crippen LogP contribution is 2.39. The number of rotatable bonds is 7. The van der Waals surface area contributed by atoms with Crippen molar-refractivity contribution in [2.45, 2.75) is 44.2 Å². The Morgan fingerprint density at radius 1 is 0.882 bits per heavy atom. The molecule has 0 aliphatic heterocycles. The summed E-state index contributed by atoms with van der Waals surface area (Å²) in [6.45, 7) is 0. The van der Waals surface area contributed by atoms with E-state index < -0.39 is 34.4 Å². The highest BCUT2D eigenvalue weighted by atomic mass is 32.2. The molecule has 0 fully saturated rings. The van der Waals surface area contributed by atoms with Crippen LogP contribution in [-0.2, 0) is 10.1 Å². The van der Waals surface area contributed by atoms with Crippen LogP contribution in [0.15, 0.2) is 0 Å². The Morgan fingerprint density at radius 2 is 1.35 bits per heavy atom. The average molecular weight is 284 g/mol. The zero-order valence-corrected chi connectivity index (χ0v) is 9.62. The summed E-state index contributed by atoms with van der Waals surface area (Å²) >= 11 is 0. The fourth-order valence-electron chi connectivity index (χ4n) is 1.13. The lowest BCUT2D eigenvalue weighted by Gasteiger charge is -2.19. The van der Waals surface area contributed by atoms with Gasteiger partial charge >= 0.3 is 12.1 Å². The quantitative estimate of drug-likeness (QED) is 0.444. The first-order valence-corrected chi connectivity index (χ1v) is 6.46. The van der Waals surface area contributed by atoms with Crippen LogP contribution in [0.3, 0.4) is 0 Å². The minimum Gasteiger partial charge on any atom is -0.286 e. The molecule has 1 N–H and O–H groups in total. The first-order chi connectivity index (χ1) is 7.46. The van der Waals surface area contributed by atoms with E-state index in [4.69, 9.17) is 4.55 Å².